The number of carbonyl (C=O) groups excluding carboxylic acids is 3. The first-order valence-corrected chi connectivity index (χ1v) is 12.5. The Hall–Kier alpha value is -4.39. The highest BCUT2D eigenvalue weighted by molar-refractivity contribution is 6.24. The van der Waals surface area contributed by atoms with E-state index in [0.29, 0.717) is 11.1 Å². The molecule has 200 valence electrons. The van der Waals surface area contributed by atoms with Crippen molar-refractivity contribution >= 4 is 23.2 Å². The average molecular weight is 529 g/mol. The van der Waals surface area contributed by atoms with Gasteiger partial charge in [-0.3, -0.25) is 19.3 Å². The zero-order valence-electron chi connectivity index (χ0n) is 21.6. The number of aliphatic hydroxyl groups is 3. The Kier molecular flexibility index (Phi) is 6.13. The predicted octanol–water partition coefficient (Wildman–Crippen LogP) is 1.92. The van der Waals surface area contributed by atoms with Crippen molar-refractivity contribution in [3.8, 4) is 17.6 Å². The average Bonchev–Trinajstić information content (AvgIpc) is 2.88. The Bertz CT molecular complexity index is 1560. The number of hydrogen-bond acceptors (Lipinski definition) is 8. The van der Waals surface area contributed by atoms with Gasteiger partial charge in [0.05, 0.1) is 11.6 Å². The number of ketones is 2. The van der Waals surface area contributed by atoms with Gasteiger partial charge in [0, 0.05) is 22.6 Å². The minimum atomic E-state index is -2.68. The molecule has 3 aliphatic carbocycles. The van der Waals surface area contributed by atoms with Gasteiger partial charge in [0.1, 0.15) is 22.8 Å². The number of phenolic OH excluding ortho intramolecular Hbond substituents is 1. The number of Topliss-reactive ketones (excluding diaryl/α,β-unsaturated/α-hetero) is 2. The van der Waals surface area contributed by atoms with Gasteiger partial charge in [0.25, 0.3) is 5.91 Å². The van der Waals surface area contributed by atoms with E-state index in [0.717, 1.165) is 5.56 Å². The first-order valence-electron chi connectivity index (χ1n) is 12.5. The van der Waals surface area contributed by atoms with Gasteiger partial charge in [-0.05, 0) is 62.2 Å². The number of aliphatic hydroxyl groups excluding tert-OH is 2. The molecule has 0 heterocycles. The van der Waals surface area contributed by atoms with Crippen molar-refractivity contribution in [2.75, 3.05) is 14.1 Å². The number of carbonyl (C=O) groups is 3. The van der Waals surface area contributed by atoms with E-state index < -0.39 is 64.0 Å². The number of amides is 1. The highest BCUT2D eigenvalue weighted by Crippen LogP contribution is 2.56. The fourth-order valence-electron chi connectivity index (χ4n) is 6.39. The quantitative estimate of drug-likeness (QED) is 0.292. The Morgan fingerprint density at radius 1 is 1.05 bits per heavy atom. The molecule has 39 heavy (non-hydrogen) atoms. The van der Waals surface area contributed by atoms with Gasteiger partial charge in [-0.1, -0.05) is 37.0 Å². The summed E-state index contributed by atoms with van der Waals surface area (Å²) in [6.45, 7) is 1.82. The van der Waals surface area contributed by atoms with E-state index >= 15 is 0 Å². The van der Waals surface area contributed by atoms with Gasteiger partial charge in [0.2, 0.25) is 5.78 Å². The molecule has 9 nitrogen and oxygen atoms in total. The lowest BCUT2D eigenvalue weighted by atomic mass is 9.55. The second-order valence-electron chi connectivity index (χ2n) is 10.5. The van der Waals surface area contributed by atoms with Gasteiger partial charge in [0.15, 0.2) is 11.4 Å². The third-order valence-electron chi connectivity index (χ3n) is 8.19. The minimum absolute atomic E-state index is 0.00807. The van der Waals surface area contributed by atoms with Crippen LogP contribution in [0.4, 0.5) is 0 Å². The lowest BCUT2D eigenvalue weighted by molar-refractivity contribution is -0.154. The van der Waals surface area contributed by atoms with Crippen LogP contribution in [-0.2, 0) is 14.4 Å². The van der Waals surface area contributed by atoms with E-state index in [-0.39, 0.29) is 23.3 Å². The van der Waals surface area contributed by atoms with E-state index in [2.05, 4.69) is 11.8 Å². The summed E-state index contributed by atoms with van der Waals surface area (Å²) >= 11 is 0. The number of nitrogens with zero attached hydrogens (tertiary/aromatic N) is 1. The van der Waals surface area contributed by atoms with Crippen LogP contribution in [0, 0.1) is 23.7 Å². The zero-order valence-corrected chi connectivity index (χ0v) is 21.6. The summed E-state index contributed by atoms with van der Waals surface area (Å²) in [5.74, 6) is -1.17. The fourth-order valence-corrected chi connectivity index (χ4v) is 6.39. The molecular formula is C30H28N2O7. The van der Waals surface area contributed by atoms with Gasteiger partial charge < -0.3 is 26.2 Å². The monoisotopic (exact) mass is 528 g/mol. The highest BCUT2D eigenvalue weighted by atomic mass is 16.3. The summed E-state index contributed by atoms with van der Waals surface area (Å²) in [7, 11) is 3.12. The summed E-state index contributed by atoms with van der Waals surface area (Å²) in [5, 5.41) is 44.8. The summed E-state index contributed by atoms with van der Waals surface area (Å²) in [5.41, 5.74) is 3.50. The molecule has 6 N–H and O–H groups in total. The number of phenols is 1. The number of fused-ring (bicyclic) bond motifs is 3. The van der Waals surface area contributed by atoms with Crippen LogP contribution in [0.15, 0.2) is 59.4 Å². The number of aromatic hydroxyl groups is 1. The van der Waals surface area contributed by atoms with Crippen LogP contribution in [0.3, 0.4) is 0 Å². The SMILES string of the molecule is C[C@H]1c2c(C#Cc3ccccc3)ccc(O)c2C(O)=C2C(=O)[C@]3(O)C(O)=C(C(N)=O)C(=O)[C@@H](N(C)C)[C@@H]3C[C@@H]21. The lowest BCUT2D eigenvalue weighted by Gasteiger charge is -2.51. The first-order chi connectivity index (χ1) is 18.4. The molecule has 5 atom stereocenters. The zero-order chi connectivity index (χ0) is 28.4. The third kappa shape index (κ3) is 3.67. The van der Waals surface area contributed by atoms with Gasteiger partial charge in [-0.25, -0.2) is 0 Å². The molecule has 0 aliphatic heterocycles. The van der Waals surface area contributed by atoms with Crippen LogP contribution in [0.5, 0.6) is 5.75 Å². The van der Waals surface area contributed by atoms with Crippen LogP contribution in [0.2, 0.25) is 0 Å². The summed E-state index contributed by atoms with van der Waals surface area (Å²) in [6.07, 6.45) is 0.00807. The van der Waals surface area contributed by atoms with Crippen molar-refractivity contribution in [3.05, 3.63) is 81.6 Å². The maximum atomic E-state index is 14.0. The number of hydrogen-bond donors (Lipinski definition) is 5. The molecular weight excluding hydrogens is 500 g/mol. The summed E-state index contributed by atoms with van der Waals surface area (Å²) in [4.78, 5) is 40.8. The second-order valence-corrected chi connectivity index (χ2v) is 10.5. The number of benzene rings is 2. The molecule has 0 radical (unpaired) electrons. The molecule has 0 unspecified atom stereocenters. The molecule has 0 spiro atoms. The summed E-state index contributed by atoms with van der Waals surface area (Å²) in [6, 6.07) is 11.1. The highest BCUT2D eigenvalue weighted by Gasteiger charge is 2.64. The molecule has 2 aromatic rings. The van der Waals surface area contributed by atoms with Crippen molar-refractivity contribution in [3.63, 3.8) is 0 Å². The Morgan fingerprint density at radius 2 is 1.72 bits per heavy atom. The molecule has 1 fully saturated rings. The van der Waals surface area contributed by atoms with Crippen molar-refractivity contribution in [1.29, 1.82) is 0 Å². The molecule has 1 amide bonds. The molecule has 0 saturated heterocycles. The number of nitrogens with two attached hydrogens (primary N) is 1. The van der Waals surface area contributed by atoms with Gasteiger partial charge >= 0.3 is 0 Å². The van der Waals surface area contributed by atoms with Crippen molar-refractivity contribution in [1.82, 2.24) is 4.90 Å². The molecule has 0 bridgehead atoms. The maximum absolute atomic E-state index is 14.0. The van der Waals surface area contributed by atoms with Crippen LogP contribution in [0.1, 0.15) is 41.5 Å². The smallest absolute Gasteiger partial charge is 0.255 e. The van der Waals surface area contributed by atoms with Crippen LogP contribution >= 0.6 is 0 Å². The number of likely N-dealkylation sites (N-methyl/N-ethyl adjacent to an activating group) is 1. The normalized spacial score (nSPS) is 27.9. The fraction of sp³-hybridized carbons (Fsp3) is 0.300. The molecule has 9 heteroatoms. The van der Waals surface area contributed by atoms with Crippen molar-refractivity contribution in [2.45, 2.75) is 30.9 Å². The minimum Gasteiger partial charge on any atom is -0.508 e. The molecule has 5 rings (SSSR count). The molecule has 3 aliphatic rings. The van der Waals surface area contributed by atoms with Crippen molar-refractivity contribution in [2.24, 2.45) is 17.6 Å². The maximum Gasteiger partial charge on any atom is 0.255 e. The first kappa shape index (κ1) is 26.2. The molecule has 1 saturated carbocycles. The topological polar surface area (TPSA) is 161 Å². The van der Waals surface area contributed by atoms with E-state index in [1.165, 1.54) is 11.0 Å². The van der Waals surface area contributed by atoms with E-state index in [4.69, 9.17) is 5.73 Å². The van der Waals surface area contributed by atoms with Gasteiger partial charge in [-0.15, -0.1) is 0 Å². The Balaban J connectivity index is 1.73. The lowest BCUT2D eigenvalue weighted by Crippen LogP contribution is -2.66. The van der Waals surface area contributed by atoms with E-state index in [1.54, 1.807) is 20.2 Å². The standard InChI is InChI=1S/C30H28N2O7/c1-14-17-13-18-24(32(2)3)26(35)23(29(31)38)28(37)30(18,39)27(36)21(17)25(34)22-19(33)12-11-16(20(14)22)10-9-15-7-5-4-6-8-15/h4-8,11-12,14,17-18,24,33-34,37,39H,13H2,1-3H3,(H2,31,38)/t14-,17-,18+,24+,30+/m1/s1. The van der Waals surface area contributed by atoms with Crippen LogP contribution in [-0.4, -0.2) is 68.5 Å². The van der Waals surface area contributed by atoms with Gasteiger partial charge in [-0.2, -0.15) is 0 Å². The van der Waals surface area contributed by atoms with E-state index in [1.807, 2.05) is 37.3 Å². The molecule has 0 aromatic heterocycles. The number of rotatable bonds is 2. The van der Waals surface area contributed by atoms with Crippen LogP contribution in [0.25, 0.3) is 5.76 Å². The second kappa shape index (κ2) is 9.12. The Morgan fingerprint density at radius 3 is 2.33 bits per heavy atom. The summed E-state index contributed by atoms with van der Waals surface area (Å²) < 4.78 is 0. The number of primary amides is 1. The predicted molar refractivity (Wildman–Crippen MR) is 141 cm³/mol. The van der Waals surface area contributed by atoms with E-state index in [9.17, 15) is 34.8 Å². The third-order valence-corrected chi connectivity index (χ3v) is 8.19. The Labute approximate surface area is 224 Å². The molecule has 2 aromatic carbocycles. The van der Waals surface area contributed by atoms with Crippen LogP contribution < -0.4 is 5.73 Å². The largest absolute Gasteiger partial charge is 0.508 e. The van der Waals surface area contributed by atoms with Crippen molar-refractivity contribution < 1.29 is 34.8 Å².